The third kappa shape index (κ3) is 4.82. The Morgan fingerprint density at radius 3 is 2.85 bits per heavy atom. The van der Waals surface area contributed by atoms with Gasteiger partial charge in [-0.25, -0.2) is 4.98 Å². The molecular weight excluding hydrogens is 352 g/mol. The summed E-state index contributed by atoms with van der Waals surface area (Å²) in [4.78, 5) is 29.7. The number of carbonyl (C=O) groups is 2. The van der Waals surface area contributed by atoms with E-state index in [9.17, 15) is 9.59 Å². The monoisotopic (exact) mass is 374 g/mol. The molecule has 0 radical (unpaired) electrons. The van der Waals surface area contributed by atoms with Gasteiger partial charge in [0.15, 0.2) is 0 Å². The Bertz CT molecular complexity index is 772. The van der Waals surface area contributed by atoms with Gasteiger partial charge in [0.2, 0.25) is 5.91 Å². The molecule has 2 heterocycles. The lowest BCUT2D eigenvalue weighted by Gasteiger charge is -2.30. The van der Waals surface area contributed by atoms with Crippen LogP contribution in [0.15, 0.2) is 29.6 Å². The number of rotatable bonds is 6. The molecule has 138 valence electrons. The summed E-state index contributed by atoms with van der Waals surface area (Å²) < 4.78 is 5.71. The average molecular weight is 374 g/mol. The van der Waals surface area contributed by atoms with E-state index in [4.69, 9.17) is 9.84 Å². The van der Waals surface area contributed by atoms with Crippen LogP contribution in [0.1, 0.15) is 29.1 Å². The lowest BCUT2D eigenvalue weighted by molar-refractivity contribution is -0.145. The first-order valence-corrected chi connectivity index (χ1v) is 9.52. The number of likely N-dealkylation sites (tertiary alicyclic amines) is 1. The topological polar surface area (TPSA) is 79.7 Å². The molecule has 1 aliphatic heterocycles. The lowest BCUT2D eigenvalue weighted by atomic mass is 9.98. The molecule has 1 saturated heterocycles. The van der Waals surface area contributed by atoms with Crippen molar-refractivity contribution in [1.29, 1.82) is 0 Å². The smallest absolute Gasteiger partial charge is 0.308 e. The Morgan fingerprint density at radius 1 is 1.35 bits per heavy atom. The normalized spacial score (nSPS) is 17.1. The maximum Gasteiger partial charge on any atom is 0.308 e. The summed E-state index contributed by atoms with van der Waals surface area (Å²) >= 11 is 1.47. The molecule has 1 aliphatic rings. The zero-order chi connectivity index (χ0) is 18.5. The first kappa shape index (κ1) is 18.4. The Balaban J connectivity index is 1.52. The van der Waals surface area contributed by atoms with Gasteiger partial charge in [-0.15, -0.1) is 11.3 Å². The van der Waals surface area contributed by atoms with Crippen LogP contribution in [0, 0.1) is 12.8 Å². The van der Waals surface area contributed by atoms with E-state index in [2.05, 4.69) is 4.98 Å². The lowest BCUT2D eigenvalue weighted by Crippen LogP contribution is -2.43. The molecule has 6 nitrogen and oxygen atoms in total. The van der Waals surface area contributed by atoms with Crippen molar-refractivity contribution in [2.75, 3.05) is 13.1 Å². The van der Waals surface area contributed by atoms with Gasteiger partial charge < -0.3 is 14.7 Å². The van der Waals surface area contributed by atoms with E-state index in [0.717, 1.165) is 17.2 Å². The third-order valence-electron chi connectivity index (χ3n) is 4.44. The van der Waals surface area contributed by atoms with E-state index in [1.807, 2.05) is 36.6 Å². The number of aryl methyl sites for hydroxylation is 1. The van der Waals surface area contributed by atoms with Crippen molar-refractivity contribution in [3.8, 4) is 5.75 Å². The predicted octanol–water partition coefficient (Wildman–Crippen LogP) is 2.90. The minimum atomic E-state index is -0.827. The second kappa shape index (κ2) is 8.31. The number of carbonyl (C=O) groups excluding carboxylic acids is 1. The van der Waals surface area contributed by atoms with E-state index < -0.39 is 11.9 Å². The third-order valence-corrected chi connectivity index (χ3v) is 5.31. The van der Waals surface area contributed by atoms with Crippen molar-refractivity contribution in [2.24, 2.45) is 5.92 Å². The Labute approximate surface area is 156 Å². The number of aromatic nitrogens is 1. The minimum absolute atomic E-state index is 0.0627. The van der Waals surface area contributed by atoms with Crippen LogP contribution < -0.4 is 4.74 Å². The highest BCUT2D eigenvalue weighted by Crippen LogP contribution is 2.19. The Morgan fingerprint density at radius 2 is 2.12 bits per heavy atom. The summed E-state index contributed by atoms with van der Waals surface area (Å²) in [6.07, 6.45) is 1.57. The Hall–Kier alpha value is -2.41. The fourth-order valence-electron chi connectivity index (χ4n) is 2.95. The summed E-state index contributed by atoms with van der Waals surface area (Å²) in [5, 5.41) is 11.8. The summed E-state index contributed by atoms with van der Waals surface area (Å²) in [5.74, 6) is -0.558. The number of ether oxygens (including phenoxy) is 1. The number of amides is 1. The standard InChI is InChI=1S/C19H22N2O4S/c1-13-4-6-16(7-5-13)25-11-17-20-15(12-26-17)9-18(22)21-8-2-3-14(10-21)19(23)24/h4-7,12,14H,2-3,8-11H2,1H3,(H,23,24). The van der Waals surface area contributed by atoms with Crippen LogP contribution in [0.4, 0.5) is 0 Å². The van der Waals surface area contributed by atoms with Crippen molar-refractivity contribution in [2.45, 2.75) is 32.8 Å². The molecule has 1 aromatic carbocycles. The quantitative estimate of drug-likeness (QED) is 0.841. The molecule has 0 spiro atoms. The zero-order valence-corrected chi connectivity index (χ0v) is 15.5. The fraction of sp³-hybridized carbons (Fsp3) is 0.421. The van der Waals surface area contributed by atoms with Crippen LogP contribution in [0.5, 0.6) is 5.75 Å². The van der Waals surface area contributed by atoms with Gasteiger partial charge in [-0.3, -0.25) is 9.59 Å². The largest absolute Gasteiger partial charge is 0.486 e. The predicted molar refractivity (Wildman–Crippen MR) is 98.3 cm³/mol. The summed E-state index contributed by atoms with van der Waals surface area (Å²) in [7, 11) is 0. The van der Waals surface area contributed by atoms with Gasteiger partial charge in [0, 0.05) is 18.5 Å². The molecule has 7 heteroatoms. The van der Waals surface area contributed by atoms with Crippen molar-refractivity contribution in [3.63, 3.8) is 0 Å². The van der Waals surface area contributed by atoms with Gasteiger partial charge in [-0.05, 0) is 31.9 Å². The van der Waals surface area contributed by atoms with Gasteiger partial charge in [0.25, 0.3) is 0 Å². The number of aliphatic carboxylic acids is 1. The van der Waals surface area contributed by atoms with Crippen LogP contribution in [0.2, 0.25) is 0 Å². The number of piperidine rings is 1. The van der Waals surface area contributed by atoms with Gasteiger partial charge >= 0.3 is 5.97 Å². The summed E-state index contributed by atoms with van der Waals surface area (Å²) in [6, 6.07) is 7.82. The molecule has 1 atom stereocenters. The molecule has 1 aromatic heterocycles. The van der Waals surface area contributed by atoms with Gasteiger partial charge in [-0.1, -0.05) is 17.7 Å². The highest BCUT2D eigenvalue weighted by molar-refractivity contribution is 7.09. The molecule has 0 bridgehead atoms. The van der Waals surface area contributed by atoms with Crippen molar-refractivity contribution >= 4 is 23.2 Å². The van der Waals surface area contributed by atoms with Crippen LogP contribution >= 0.6 is 11.3 Å². The molecule has 1 N–H and O–H groups in total. The fourth-order valence-corrected chi connectivity index (χ4v) is 3.65. The molecule has 3 rings (SSSR count). The van der Waals surface area contributed by atoms with Crippen LogP contribution in [-0.4, -0.2) is 40.0 Å². The first-order chi connectivity index (χ1) is 12.5. The van der Waals surface area contributed by atoms with Crippen LogP contribution in [0.3, 0.4) is 0 Å². The molecule has 1 fully saturated rings. The summed E-state index contributed by atoms with van der Waals surface area (Å²) in [5.41, 5.74) is 1.88. The van der Waals surface area contributed by atoms with Crippen molar-refractivity contribution in [1.82, 2.24) is 9.88 Å². The van der Waals surface area contributed by atoms with E-state index in [0.29, 0.717) is 31.8 Å². The summed E-state index contributed by atoms with van der Waals surface area (Å²) in [6.45, 7) is 3.31. The van der Waals surface area contributed by atoms with Crippen LogP contribution in [-0.2, 0) is 22.6 Å². The molecule has 0 aliphatic carbocycles. The highest BCUT2D eigenvalue weighted by atomic mass is 32.1. The van der Waals surface area contributed by atoms with E-state index in [1.165, 1.54) is 16.9 Å². The number of thiazole rings is 1. The first-order valence-electron chi connectivity index (χ1n) is 8.64. The van der Waals surface area contributed by atoms with E-state index in [-0.39, 0.29) is 12.3 Å². The maximum atomic E-state index is 12.4. The van der Waals surface area contributed by atoms with E-state index >= 15 is 0 Å². The van der Waals surface area contributed by atoms with E-state index in [1.54, 1.807) is 4.90 Å². The highest BCUT2D eigenvalue weighted by Gasteiger charge is 2.28. The number of benzene rings is 1. The Kier molecular flexibility index (Phi) is 5.88. The zero-order valence-electron chi connectivity index (χ0n) is 14.7. The molecule has 0 saturated carbocycles. The van der Waals surface area contributed by atoms with Gasteiger partial charge in [0.05, 0.1) is 18.0 Å². The number of nitrogens with zero attached hydrogens (tertiary/aromatic N) is 2. The van der Waals surface area contributed by atoms with Crippen molar-refractivity contribution in [3.05, 3.63) is 45.9 Å². The number of carboxylic acid groups (broad SMARTS) is 1. The number of hydrogen-bond acceptors (Lipinski definition) is 5. The second-order valence-corrected chi connectivity index (χ2v) is 7.47. The maximum absolute atomic E-state index is 12.4. The average Bonchev–Trinajstić information content (AvgIpc) is 3.08. The molecular formula is C19H22N2O4S. The molecule has 2 aromatic rings. The second-order valence-electron chi connectivity index (χ2n) is 6.53. The van der Waals surface area contributed by atoms with Gasteiger partial charge in [-0.2, -0.15) is 0 Å². The molecule has 1 unspecified atom stereocenters. The SMILES string of the molecule is Cc1ccc(OCc2nc(CC(=O)N3CCCC(C(=O)O)C3)cs2)cc1. The number of hydrogen-bond donors (Lipinski definition) is 1. The van der Waals surface area contributed by atoms with Crippen molar-refractivity contribution < 1.29 is 19.4 Å². The molecule has 26 heavy (non-hydrogen) atoms. The van der Waals surface area contributed by atoms with Gasteiger partial charge in [0.1, 0.15) is 17.4 Å². The molecule has 1 amide bonds. The number of carboxylic acids is 1. The van der Waals surface area contributed by atoms with Crippen LogP contribution in [0.25, 0.3) is 0 Å². The minimum Gasteiger partial charge on any atom is -0.486 e.